The molecule has 1 aliphatic heterocycles. The fraction of sp³-hybridized carbons (Fsp3) is 0.462. The summed E-state index contributed by atoms with van der Waals surface area (Å²) in [5.41, 5.74) is 0.141. The highest BCUT2D eigenvalue weighted by Crippen LogP contribution is 2.45. The molecular formula is C13H15ClO3. The quantitative estimate of drug-likeness (QED) is 0.778. The van der Waals surface area contributed by atoms with Crippen LogP contribution in [0.25, 0.3) is 0 Å². The van der Waals surface area contributed by atoms with Gasteiger partial charge in [-0.1, -0.05) is 30.7 Å². The van der Waals surface area contributed by atoms with Crippen LogP contribution in [-0.4, -0.2) is 19.2 Å². The third-order valence-electron chi connectivity index (χ3n) is 3.22. The first-order valence-corrected chi connectivity index (χ1v) is 6.12. The summed E-state index contributed by atoms with van der Waals surface area (Å²) in [7, 11) is 0. The molecule has 2 rings (SSSR count). The number of para-hydroxylation sites is 1. The first kappa shape index (κ1) is 12.2. The summed E-state index contributed by atoms with van der Waals surface area (Å²) in [5.74, 6) is 0.382. The highest BCUT2D eigenvalue weighted by molar-refractivity contribution is 6.32. The number of ether oxygens (including phenoxy) is 2. The lowest BCUT2D eigenvalue weighted by atomic mass is 9.80. The maximum Gasteiger partial charge on any atom is 0.320 e. The van der Waals surface area contributed by atoms with Crippen molar-refractivity contribution in [3.05, 3.63) is 28.8 Å². The molecule has 0 aliphatic carbocycles. The number of fused-ring (bicyclic) bond motifs is 1. The van der Waals surface area contributed by atoms with Crippen molar-refractivity contribution in [2.24, 2.45) is 0 Å². The second kappa shape index (κ2) is 4.57. The fourth-order valence-corrected chi connectivity index (χ4v) is 2.41. The Hall–Kier alpha value is -1.22. The van der Waals surface area contributed by atoms with E-state index in [1.54, 1.807) is 13.0 Å². The fourth-order valence-electron chi connectivity index (χ4n) is 2.18. The summed E-state index contributed by atoms with van der Waals surface area (Å²) < 4.78 is 10.7. The van der Waals surface area contributed by atoms with Crippen molar-refractivity contribution < 1.29 is 14.3 Å². The van der Waals surface area contributed by atoms with Crippen LogP contribution in [0.2, 0.25) is 5.02 Å². The Labute approximate surface area is 106 Å². The zero-order valence-corrected chi connectivity index (χ0v) is 10.7. The molecular weight excluding hydrogens is 240 g/mol. The summed E-state index contributed by atoms with van der Waals surface area (Å²) in [5, 5.41) is 0.544. The number of hydrogen-bond donors (Lipinski definition) is 0. The molecule has 1 heterocycles. The van der Waals surface area contributed by atoms with E-state index < -0.39 is 5.41 Å². The van der Waals surface area contributed by atoms with Gasteiger partial charge in [0.15, 0.2) is 0 Å². The molecule has 1 atom stereocenters. The molecule has 0 bridgehead atoms. The molecule has 0 saturated heterocycles. The van der Waals surface area contributed by atoms with Crippen LogP contribution in [0.15, 0.2) is 18.2 Å². The van der Waals surface area contributed by atoms with Crippen LogP contribution in [0, 0.1) is 0 Å². The summed E-state index contributed by atoms with van der Waals surface area (Å²) in [6.07, 6.45) is 0.638. The SMILES string of the molecule is CCOC(=O)C1(CC)COc2c(Cl)cccc21. The van der Waals surface area contributed by atoms with Gasteiger partial charge in [-0.05, 0) is 19.4 Å². The molecule has 0 N–H and O–H groups in total. The van der Waals surface area contributed by atoms with Crippen molar-refractivity contribution in [2.45, 2.75) is 25.7 Å². The van der Waals surface area contributed by atoms with Gasteiger partial charge in [0.05, 0.1) is 11.6 Å². The summed E-state index contributed by atoms with van der Waals surface area (Å²) in [4.78, 5) is 12.1. The molecule has 92 valence electrons. The van der Waals surface area contributed by atoms with Crippen molar-refractivity contribution in [1.82, 2.24) is 0 Å². The second-order valence-corrected chi connectivity index (χ2v) is 4.47. The molecule has 1 aromatic carbocycles. The van der Waals surface area contributed by atoms with Gasteiger partial charge in [-0.2, -0.15) is 0 Å². The summed E-state index contributed by atoms with van der Waals surface area (Å²) >= 11 is 6.06. The van der Waals surface area contributed by atoms with E-state index in [-0.39, 0.29) is 5.97 Å². The second-order valence-electron chi connectivity index (χ2n) is 4.06. The van der Waals surface area contributed by atoms with Crippen molar-refractivity contribution in [3.8, 4) is 5.75 Å². The Morgan fingerprint density at radius 3 is 2.94 bits per heavy atom. The van der Waals surface area contributed by atoms with Gasteiger partial charge in [0.2, 0.25) is 0 Å². The molecule has 0 aromatic heterocycles. The van der Waals surface area contributed by atoms with Crippen molar-refractivity contribution in [1.29, 1.82) is 0 Å². The van der Waals surface area contributed by atoms with Crippen LogP contribution in [0.3, 0.4) is 0 Å². The number of carbonyl (C=O) groups is 1. The molecule has 1 aliphatic rings. The Balaban J connectivity index is 2.47. The lowest BCUT2D eigenvalue weighted by molar-refractivity contribution is -0.150. The summed E-state index contributed by atoms with van der Waals surface area (Å²) in [6, 6.07) is 5.48. The van der Waals surface area contributed by atoms with E-state index in [1.165, 1.54) is 0 Å². The van der Waals surface area contributed by atoms with Gasteiger partial charge < -0.3 is 9.47 Å². The largest absolute Gasteiger partial charge is 0.490 e. The average molecular weight is 255 g/mol. The first-order valence-electron chi connectivity index (χ1n) is 5.74. The molecule has 0 spiro atoms. The third kappa shape index (κ3) is 1.78. The number of hydrogen-bond acceptors (Lipinski definition) is 3. The van der Waals surface area contributed by atoms with Crippen molar-refractivity contribution >= 4 is 17.6 Å². The zero-order chi connectivity index (χ0) is 12.5. The normalized spacial score (nSPS) is 21.8. The van der Waals surface area contributed by atoms with Gasteiger partial charge in [-0.3, -0.25) is 4.79 Å². The predicted molar refractivity (Wildman–Crippen MR) is 65.5 cm³/mol. The highest BCUT2D eigenvalue weighted by Gasteiger charge is 2.47. The Morgan fingerprint density at radius 1 is 1.53 bits per heavy atom. The molecule has 0 fully saturated rings. The lowest BCUT2D eigenvalue weighted by Crippen LogP contribution is -2.38. The first-order chi connectivity index (χ1) is 8.15. The molecule has 1 aromatic rings. The Morgan fingerprint density at radius 2 is 2.29 bits per heavy atom. The minimum atomic E-state index is -0.698. The minimum Gasteiger partial charge on any atom is -0.490 e. The third-order valence-corrected chi connectivity index (χ3v) is 3.51. The van der Waals surface area contributed by atoms with E-state index >= 15 is 0 Å². The highest BCUT2D eigenvalue weighted by atomic mass is 35.5. The van der Waals surface area contributed by atoms with Crippen LogP contribution in [0.1, 0.15) is 25.8 Å². The van der Waals surface area contributed by atoms with E-state index in [0.717, 1.165) is 5.56 Å². The molecule has 17 heavy (non-hydrogen) atoms. The molecule has 0 radical (unpaired) electrons. The van der Waals surface area contributed by atoms with Crippen LogP contribution in [-0.2, 0) is 14.9 Å². The minimum absolute atomic E-state index is 0.233. The monoisotopic (exact) mass is 254 g/mol. The van der Waals surface area contributed by atoms with Gasteiger partial charge >= 0.3 is 5.97 Å². The topological polar surface area (TPSA) is 35.5 Å². The lowest BCUT2D eigenvalue weighted by Gasteiger charge is -2.23. The van der Waals surface area contributed by atoms with E-state index in [2.05, 4.69) is 0 Å². The van der Waals surface area contributed by atoms with E-state index in [4.69, 9.17) is 21.1 Å². The van der Waals surface area contributed by atoms with Gasteiger partial charge in [0.1, 0.15) is 17.8 Å². The van der Waals surface area contributed by atoms with Gasteiger partial charge in [-0.25, -0.2) is 0 Å². The standard InChI is InChI=1S/C13H15ClO3/c1-3-13(12(15)16-4-2)8-17-11-9(13)6-5-7-10(11)14/h5-7H,3-4,8H2,1-2H3. The maximum absolute atomic E-state index is 12.1. The van der Waals surface area contributed by atoms with Crippen LogP contribution in [0.5, 0.6) is 5.75 Å². The summed E-state index contributed by atoms with van der Waals surface area (Å²) in [6.45, 7) is 4.43. The zero-order valence-electron chi connectivity index (χ0n) is 9.96. The number of carbonyl (C=O) groups excluding carboxylic acids is 1. The molecule has 0 saturated carbocycles. The number of rotatable bonds is 3. The molecule has 4 heteroatoms. The Bertz CT molecular complexity index is 444. The average Bonchev–Trinajstić information content (AvgIpc) is 2.71. The van der Waals surface area contributed by atoms with E-state index in [0.29, 0.717) is 30.4 Å². The molecule has 3 nitrogen and oxygen atoms in total. The van der Waals surface area contributed by atoms with Gasteiger partial charge in [0.25, 0.3) is 0 Å². The smallest absolute Gasteiger partial charge is 0.320 e. The van der Waals surface area contributed by atoms with Crippen LogP contribution in [0.4, 0.5) is 0 Å². The van der Waals surface area contributed by atoms with E-state index in [9.17, 15) is 4.79 Å². The number of esters is 1. The number of halogens is 1. The molecule has 0 amide bonds. The predicted octanol–water partition coefficient (Wildman–Crippen LogP) is 2.94. The van der Waals surface area contributed by atoms with Crippen molar-refractivity contribution in [2.75, 3.05) is 13.2 Å². The van der Waals surface area contributed by atoms with Gasteiger partial charge in [-0.15, -0.1) is 0 Å². The van der Waals surface area contributed by atoms with Crippen LogP contribution >= 0.6 is 11.6 Å². The van der Waals surface area contributed by atoms with Crippen molar-refractivity contribution in [3.63, 3.8) is 0 Å². The maximum atomic E-state index is 12.1. The molecule has 1 unspecified atom stereocenters. The Kier molecular flexibility index (Phi) is 3.29. The van der Waals surface area contributed by atoms with E-state index in [1.807, 2.05) is 19.1 Å². The van der Waals surface area contributed by atoms with Crippen LogP contribution < -0.4 is 4.74 Å². The number of benzene rings is 1. The van der Waals surface area contributed by atoms with Gasteiger partial charge in [0, 0.05) is 5.56 Å².